The molecule has 0 atom stereocenters. The van der Waals surface area contributed by atoms with E-state index in [1.807, 2.05) is 6.07 Å². The average Bonchev–Trinajstić information content (AvgIpc) is 2.67. The number of hydrogen-bond acceptors (Lipinski definition) is 2. The van der Waals surface area contributed by atoms with Crippen LogP contribution in [0.2, 0.25) is 0 Å². The third-order valence-corrected chi connectivity index (χ3v) is 4.68. The summed E-state index contributed by atoms with van der Waals surface area (Å²) in [6.45, 7) is 10.0. The number of hydrogen-bond donors (Lipinski definition) is 0. The summed E-state index contributed by atoms with van der Waals surface area (Å²) in [6, 6.07) is 19.3. The smallest absolute Gasteiger partial charge is 0.211 e. The maximum Gasteiger partial charge on any atom is 0.211 e. The van der Waals surface area contributed by atoms with E-state index < -0.39 is 0 Å². The zero-order valence-electron chi connectivity index (χ0n) is 17.3. The highest BCUT2D eigenvalue weighted by molar-refractivity contribution is 5.94. The summed E-state index contributed by atoms with van der Waals surface area (Å²) in [6.07, 6.45) is 3.93. The van der Waals surface area contributed by atoms with Gasteiger partial charge in [-0.3, -0.25) is 4.99 Å². The first kappa shape index (κ1) is 21.0. The van der Waals surface area contributed by atoms with E-state index in [0.717, 1.165) is 38.1 Å². The fourth-order valence-electron chi connectivity index (χ4n) is 3.08. The Balaban J connectivity index is 1.92. The van der Waals surface area contributed by atoms with E-state index in [4.69, 9.17) is 9.73 Å². The lowest BCUT2D eigenvalue weighted by Crippen LogP contribution is -2.12. The van der Waals surface area contributed by atoms with Crippen LogP contribution >= 0.6 is 0 Å². The lowest BCUT2D eigenvalue weighted by molar-refractivity contribution is 0.296. The number of allylic oxidation sites excluding steroid dienone is 1. The minimum absolute atomic E-state index is 0.703. The maximum absolute atomic E-state index is 6.13. The van der Waals surface area contributed by atoms with E-state index in [2.05, 4.69) is 76.2 Å². The monoisotopic (exact) mass is 363 g/mol. The normalized spacial score (nSPS) is 11.3. The molecule has 0 N–H and O–H groups in total. The van der Waals surface area contributed by atoms with E-state index in [1.54, 1.807) is 0 Å². The fourth-order valence-corrected chi connectivity index (χ4v) is 3.08. The third kappa shape index (κ3) is 7.42. The van der Waals surface area contributed by atoms with Gasteiger partial charge >= 0.3 is 0 Å². The molecule has 2 heteroatoms. The van der Waals surface area contributed by atoms with E-state index in [0.29, 0.717) is 6.61 Å². The zero-order chi connectivity index (χ0) is 19.5. The van der Waals surface area contributed by atoms with Crippen LogP contribution in [-0.4, -0.2) is 19.0 Å². The molecule has 2 aromatic rings. The van der Waals surface area contributed by atoms with Gasteiger partial charge in [0, 0.05) is 12.1 Å². The molecule has 2 nitrogen and oxygen atoms in total. The van der Waals surface area contributed by atoms with Gasteiger partial charge in [-0.2, -0.15) is 0 Å². The summed E-state index contributed by atoms with van der Waals surface area (Å²) in [4.78, 5) is 4.80. The molecule has 0 saturated heterocycles. The Hall–Kier alpha value is -2.35. The van der Waals surface area contributed by atoms with Gasteiger partial charge in [-0.15, -0.1) is 0 Å². The van der Waals surface area contributed by atoms with Crippen molar-refractivity contribution in [3.8, 4) is 0 Å². The molecular weight excluding hydrogens is 330 g/mol. The second-order valence-corrected chi connectivity index (χ2v) is 7.19. The molecule has 0 fully saturated rings. The number of aryl methyl sites for hydroxylation is 2. The topological polar surface area (TPSA) is 21.6 Å². The standard InChI is InChI=1S/C25H33NO/c1-5-24(20(2)3)25(26-18-17-22-10-7-6-8-11-22)27-19-9-12-23-15-13-21(4)14-16-23/h6-8,10-11,13-16H,5,9,12,17-19H2,1-4H3/b26-25+. The minimum Gasteiger partial charge on any atom is -0.478 e. The van der Waals surface area contributed by atoms with E-state index in [1.165, 1.54) is 27.8 Å². The van der Waals surface area contributed by atoms with Crippen LogP contribution in [0.3, 0.4) is 0 Å². The fraction of sp³-hybridized carbons (Fsp3) is 0.400. The van der Waals surface area contributed by atoms with Crippen molar-refractivity contribution in [2.24, 2.45) is 4.99 Å². The summed E-state index contributed by atoms with van der Waals surface area (Å²) in [5.41, 5.74) is 6.51. The zero-order valence-corrected chi connectivity index (χ0v) is 17.3. The number of benzene rings is 2. The van der Waals surface area contributed by atoms with Crippen molar-refractivity contribution in [3.63, 3.8) is 0 Å². The van der Waals surface area contributed by atoms with E-state index in [-0.39, 0.29) is 0 Å². The quantitative estimate of drug-likeness (QED) is 0.290. The Labute approximate surface area is 165 Å². The molecule has 0 spiro atoms. The average molecular weight is 364 g/mol. The lowest BCUT2D eigenvalue weighted by atomic mass is 10.1. The van der Waals surface area contributed by atoms with Crippen LogP contribution < -0.4 is 0 Å². The van der Waals surface area contributed by atoms with Crippen molar-refractivity contribution in [3.05, 3.63) is 82.4 Å². The molecule has 0 aromatic heterocycles. The van der Waals surface area contributed by atoms with Crippen LogP contribution in [0.1, 0.15) is 50.3 Å². The molecule has 0 aliphatic carbocycles. The molecule has 0 heterocycles. The van der Waals surface area contributed by atoms with Crippen molar-refractivity contribution in [1.29, 1.82) is 0 Å². The molecule has 0 unspecified atom stereocenters. The first-order valence-electron chi connectivity index (χ1n) is 10.0. The Morgan fingerprint density at radius 1 is 0.889 bits per heavy atom. The number of aliphatic imine (C=N–C) groups is 1. The van der Waals surface area contributed by atoms with Gasteiger partial charge in [-0.1, -0.05) is 72.7 Å². The van der Waals surface area contributed by atoms with Gasteiger partial charge in [0.25, 0.3) is 0 Å². The van der Waals surface area contributed by atoms with Gasteiger partial charge in [0.15, 0.2) is 0 Å². The Kier molecular flexibility index (Phi) is 8.83. The molecular formula is C25H33NO. The molecule has 0 amide bonds. The van der Waals surface area contributed by atoms with E-state index >= 15 is 0 Å². The molecule has 0 radical (unpaired) electrons. The molecule has 0 aliphatic heterocycles. The van der Waals surface area contributed by atoms with E-state index in [9.17, 15) is 0 Å². The second-order valence-electron chi connectivity index (χ2n) is 7.19. The maximum atomic E-state index is 6.13. The molecule has 144 valence electrons. The van der Waals surface area contributed by atoms with Crippen molar-refractivity contribution in [2.75, 3.05) is 13.2 Å². The van der Waals surface area contributed by atoms with Crippen LogP contribution in [0.5, 0.6) is 0 Å². The number of rotatable bonds is 9. The Bertz CT molecular complexity index is 738. The highest BCUT2D eigenvalue weighted by Crippen LogP contribution is 2.13. The first-order valence-corrected chi connectivity index (χ1v) is 10.0. The third-order valence-electron chi connectivity index (χ3n) is 4.68. The van der Waals surface area contributed by atoms with Crippen LogP contribution in [0.15, 0.2) is 70.7 Å². The molecule has 27 heavy (non-hydrogen) atoms. The predicted molar refractivity (Wildman–Crippen MR) is 117 cm³/mol. The van der Waals surface area contributed by atoms with Gasteiger partial charge in [-0.25, -0.2) is 0 Å². The van der Waals surface area contributed by atoms with Crippen LogP contribution in [0.25, 0.3) is 0 Å². The van der Waals surface area contributed by atoms with Crippen LogP contribution in [0, 0.1) is 6.92 Å². The minimum atomic E-state index is 0.703. The highest BCUT2D eigenvalue weighted by Gasteiger charge is 2.09. The SMILES string of the molecule is CCC(=C(C)C)/C(=N\CCc1ccccc1)OCCCc1ccc(C)cc1. The largest absolute Gasteiger partial charge is 0.478 e. The van der Waals surface area contributed by atoms with Gasteiger partial charge in [-0.05, 0) is 57.6 Å². The number of ether oxygens (including phenoxy) is 1. The summed E-state index contributed by atoms with van der Waals surface area (Å²) in [5, 5.41) is 0. The molecule has 2 rings (SSSR count). The van der Waals surface area contributed by atoms with Gasteiger partial charge in [0.1, 0.15) is 0 Å². The predicted octanol–water partition coefficient (Wildman–Crippen LogP) is 6.33. The molecule has 0 saturated carbocycles. The van der Waals surface area contributed by atoms with Crippen molar-refractivity contribution in [2.45, 2.75) is 53.4 Å². The van der Waals surface area contributed by atoms with Gasteiger partial charge < -0.3 is 4.74 Å². The van der Waals surface area contributed by atoms with Crippen molar-refractivity contribution in [1.82, 2.24) is 0 Å². The highest BCUT2D eigenvalue weighted by atomic mass is 16.5. The van der Waals surface area contributed by atoms with Gasteiger partial charge in [0.05, 0.1) is 6.61 Å². The summed E-state index contributed by atoms with van der Waals surface area (Å²) in [5.74, 6) is 0.831. The summed E-state index contributed by atoms with van der Waals surface area (Å²) < 4.78 is 6.13. The number of nitrogens with zero attached hydrogens (tertiary/aromatic N) is 1. The van der Waals surface area contributed by atoms with Crippen molar-refractivity contribution < 1.29 is 4.74 Å². The summed E-state index contributed by atoms with van der Waals surface area (Å²) >= 11 is 0. The van der Waals surface area contributed by atoms with Crippen molar-refractivity contribution >= 4 is 5.90 Å². The molecule has 0 bridgehead atoms. The Morgan fingerprint density at radius 2 is 1.56 bits per heavy atom. The second kappa shape index (κ2) is 11.4. The first-order chi connectivity index (χ1) is 13.1. The van der Waals surface area contributed by atoms with Gasteiger partial charge in [0.2, 0.25) is 5.90 Å². The molecule has 2 aromatic carbocycles. The summed E-state index contributed by atoms with van der Waals surface area (Å²) in [7, 11) is 0. The Morgan fingerprint density at radius 3 is 2.19 bits per heavy atom. The van der Waals surface area contributed by atoms with Crippen LogP contribution in [0.4, 0.5) is 0 Å². The molecule has 0 aliphatic rings. The van der Waals surface area contributed by atoms with Crippen LogP contribution in [-0.2, 0) is 17.6 Å². The lowest BCUT2D eigenvalue weighted by Gasteiger charge is -2.14.